The van der Waals surface area contributed by atoms with Crippen molar-refractivity contribution in [3.05, 3.63) is 47.0 Å². The molecule has 0 aromatic heterocycles. The number of halogens is 6. The van der Waals surface area contributed by atoms with Gasteiger partial charge in [0, 0.05) is 13.0 Å². The molecule has 1 saturated carbocycles. The van der Waals surface area contributed by atoms with E-state index < -0.39 is 35.9 Å². The topological polar surface area (TPSA) is 29.1 Å². The number of benzene rings is 1. The first-order valence-corrected chi connectivity index (χ1v) is 8.95. The Morgan fingerprint density at radius 1 is 1.11 bits per heavy atom. The number of hydrogen-bond donors (Lipinski definition) is 1. The summed E-state index contributed by atoms with van der Waals surface area (Å²) >= 11 is 0. The number of amides is 1. The van der Waals surface area contributed by atoms with Gasteiger partial charge < -0.3 is 5.32 Å². The van der Waals surface area contributed by atoms with Crippen molar-refractivity contribution < 1.29 is 31.1 Å². The molecule has 1 aromatic carbocycles. The van der Waals surface area contributed by atoms with Crippen molar-refractivity contribution in [1.82, 2.24) is 5.32 Å². The van der Waals surface area contributed by atoms with Gasteiger partial charge in [-0.3, -0.25) is 4.79 Å². The lowest BCUT2D eigenvalue weighted by Gasteiger charge is -2.32. The van der Waals surface area contributed by atoms with Crippen molar-refractivity contribution in [3.63, 3.8) is 0 Å². The number of hydrogen-bond acceptors (Lipinski definition) is 1. The first-order chi connectivity index (χ1) is 12.7. The van der Waals surface area contributed by atoms with Crippen LogP contribution in [0.5, 0.6) is 0 Å². The maximum atomic E-state index is 12.9. The Bertz CT molecular complexity index is 718. The number of alkyl halides is 6. The quantitative estimate of drug-likeness (QED) is 0.463. The van der Waals surface area contributed by atoms with Crippen molar-refractivity contribution in [2.75, 3.05) is 0 Å². The minimum atomic E-state index is -4.91. The van der Waals surface area contributed by atoms with Gasteiger partial charge in [0.1, 0.15) is 0 Å². The molecule has 0 aliphatic heterocycles. The van der Waals surface area contributed by atoms with Crippen LogP contribution in [0, 0.1) is 11.3 Å². The molecule has 1 aliphatic rings. The number of carbonyl (C=O) groups is 1. The molecule has 28 heavy (non-hydrogen) atoms. The Morgan fingerprint density at radius 3 is 2.04 bits per heavy atom. The van der Waals surface area contributed by atoms with E-state index in [-0.39, 0.29) is 29.4 Å². The predicted octanol–water partition coefficient (Wildman–Crippen LogP) is 6.11. The van der Waals surface area contributed by atoms with Gasteiger partial charge in [-0.25, -0.2) is 0 Å². The van der Waals surface area contributed by atoms with Crippen LogP contribution in [-0.2, 0) is 23.7 Å². The van der Waals surface area contributed by atoms with Crippen LogP contribution in [0.1, 0.15) is 56.2 Å². The van der Waals surface area contributed by atoms with Gasteiger partial charge in [0.15, 0.2) is 0 Å². The van der Waals surface area contributed by atoms with Gasteiger partial charge in [0.05, 0.1) is 11.1 Å². The van der Waals surface area contributed by atoms with Gasteiger partial charge in [0.2, 0.25) is 5.91 Å². The van der Waals surface area contributed by atoms with E-state index >= 15 is 0 Å². The minimum absolute atomic E-state index is 0.0726. The smallest absolute Gasteiger partial charge is 0.352 e. The molecule has 0 bridgehead atoms. The molecule has 1 aliphatic carbocycles. The highest BCUT2D eigenvalue weighted by molar-refractivity contribution is 5.77. The first kappa shape index (κ1) is 22.3. The SMILES string of the molecule is C=C1CCC(CC(=O)NCc2cc(C(F)(F)F)cc(C(F)(F)F)c2)(C(C)C)C1. The van der Waals surface area contributed by atoms with Crippen molar-refractivity contribution in [3.8, 4) is 0 Å². The third-order valence-electron chi connectivity index (χ3n) is 5.45. The zero-order chi connectivity index (χ0) is 21.3. The largest absolute Gasteiger partial charge is 0.416 e. The van der Waals surface area contributed by atoms with E-state index in [9.17, 15) is 31.1 Å². The van der Waals surface area contributed by atoms with Crippen molar-refractivity contribution in [2.24, 2.45) is 11.3 Å². The fraction of sp³-hybridized carbons (Fsp3) is 0.550. The third kappa shape index (κ3) is 5.29. The van der Waals surface area contributed by atoms with Crippen molar-refractivity contribution in [2.45, 2.75) is 58.4 Å². The Morgan fingerprint density at radius 2 is 1.64 bits per heavy atom. The van der Waals surface area contributed by atoms with Gasteiger partial charge in [-0.15, -0.1) is 0 Å². The molecule has 1 aromatic rings. The standard InChI is InChI=1S/C20H23F6NO/c1-12(2)18(5-4-13(3)9-18)10-17(28)27-11-14-6-15(19(21,22)23)8-16(7-14)20(24,25)26/h6-8,12H,3-5,9-11H2,1-2H3,(H,27,28). The van der Waals surface area contributed by atoms with Crippen LogP contribution in [0.25, 0.3) is 0 Å². The van der Waals surface area contributed by atoms with E-state index in [4.69, 9.17) is 0 Å². The summed E-state index contributed by atoms with van der Waals surface area (Å²) in [6.07, 6.45) is -7.36. The zero-order valence-electron chi connectivity index (χ0n) is 15.7. The van der Waals surface area contributed by atoms with Crippen LogP contribution >= 0.6 is 0 Å². The second kappa shape index (κ2) is 7.79. The lowest BCUT2D eigenvalue weighted by Crippen LogP contribution is -2.33. The van der Waals surface area contributed by atoms with Crippen molar-refractivity contribution in [1.29, 1.82) is 0 Å². The minimum Gasteiger partial charge on any atom is -0.352 e. The lowest BCUT2D eigenvalue weighted by atomic mass is 9.73. The van der Waals surface area contributed by atoms with Crippen LogP contribution in [0.2, 0.25) is 0 Å². The maximum Gasteiger partial charge on any atom is 0.416 e. The third-order valence-corrected chi connectivity index (χ3v) is 5.45. The van der Waals surface area contributed by atoms with Crippen LogP contribution < -0.4 is 5.32 Å². The molecular weight excluding hydrogens is 384 g/mol. The van der Waals surface area contributed by atoms with Gasteiger partial charge >= 0.3 is 12.4 Å². The van der Waals surface area contributed by atoms with Gasteiger partial charge in [0.25, 0.3) is 0 Å². The summed E-state index contributed by atoms with van der Waals surface area (Å²) in [4.78, 5) is 12.4. The molecule has 0 spiro atoms. The molecule has 156 valence electrons. The van der Waals surface area contributed by atoms with E-state index in [2.05, 4.69) is 11.9 Å². The monoisotopic (exact) mass is 407 g/mol. The van der Waals surface area contributed by atoms with Gasteiger partial charge in [-0.1, -0.05) is 26.0 Å². The Kier molecular flexibility index (Phi) is 6.21. The summed E-state index contributed by atoms with van der Waals surface area (Å²) in [5, 5.41) is 2.47. The van der Waals surface area contributed by atoms with E-state index in [0.29, 0.717) is 18.6 Å². The number of allylic oxidation sites excluding steroid dienone is 1. The summed E-state index contributed by atoms with van der Waals surface area (Å²) in [5.74, 6) is -0.197. The summed E-state index contributed by atoms with van der Waals surface area (Å²) in [5.41, 5.74) is -2.25. The van der Waals surface area contributed by atoms with Crippen LogP contribution in [0.3, 0.4) is 0 Å². The average molecular weight is 407 g/mol. The van der Waals surface area contributed by atoms with E-state index in [0.717, 1.165) is 18.4 Å². The molecule has 1 unspecified atom stereocenters. The van der Waals surface area contributed by atoms with E-state index in [1.807, 2.05) is 13.8 Å². The van der Waals surface area contributed by atoms with E-state index in [1.165, 1.54) is 0 Å². The molecule has 1 fully saturated rings. The fourth-order valence-electron chi connectivity index (χ4n) is 3.65. The van der Waals surface area contributed by atoms with Crippen LogP contribution in [0.15, 0.2) is 30.4 Å². The summed E-state index contributed by atoms with van der Waals surface area (Å²) < 4.78 is 77.5. The average Bonchev–Trinajstić information content (AvgIpc) is 2.93. The normalized spacial score (nSPS) is 20.7. The number of rotatable bonds is 5. The summed E-state index contributed by atoms with van der Waals surface area (Å²) in [6.45, 7) is 7.54. The van der Waals surface area contributed by atoms with Crippen molar-refractivity contribution >= 4 is 5.91 Å². The Labute approximate surface area is 160 Å². The first-order valence-electron chi connectivity index (χ1n) is 8.95. The van der Waals surface area contributed by atoms with Crippen LogP contribution in [0.4, 0.5) is 26.3 Å². The second-order valence-electron chi connectivity index (χ2n) is 7.81. The molecule has 2 nitrogen and oxygen atoms in total. The summed E-state index contributed by atoms with van der Waals surface area (Å²) in [6, 6.07) is 1.33. The van der Waals surface area contributed by atoms with Gasteiger partial charge in [-0.05, 0) is 54.4 Å². The molecule has 0 radical (unpaired) electrons. The highest BCUT2D eigenvalue weighted by Gasteiger charge is 2.40. The lowest BCUT2D eigenvalue weighted by molar-refractivity contribution is -0.143. The summed E-state index contributed by atoms with van der Waals surface area (Å²) in [7, 11) is 0. The number of carbonyl (C=O) groups excluding carboxylic acids is 1. The predicted molar refractivity (Wildman–Crippen MR) is 93.2 cm³/mol. The molecular formula is C20H23F6NO. The number of nitrogens with one attached hydrogen (secondary N) is 1. The molecule has 1 amide bonds. The maximum absolute atomic E-state index is 12.9. The Hall–Kier alpha value is -1.99. The van der Waals surface area contributed by atoms with Crippen LogP contribution in [-0.4, -0.2) is 5.91 Å². The van der Waals surface area contributed by atoms with Gasteiger partial charge in [-0.2, -0.15) is 26.3 Å². The molecule has 0 saturated heterocycles. The Balaban J connectivity index is 2.15. The highest BCUT2D eigenvalue weighted by Crippen LogP contribution is 2.48. The van der Waals surface area contributed by atoms with E-state index in [1.54, 1.807) is 0 Å². The zero-order valence-corrected chi connectivity index (χ0v) is 15.7. The molecule has 8 heteroatoms. The molecule has 1 atom stereocenters. The fourth-order valence-corrected chi connectivity index (χ4v) is 3.65. The molecule has 2 rings (SSSR count). The molecule has 1 N–H and O–H groups in total. The second-order valence-corrected chi connectivity index (χ2v) is 7.81. The molecule has 0 heterocycles. The highest BCUT2D eigenvalue weighted by atomic mass is 19.4.